The first-order valence-corrected chi connectivity index (χ1v) is 8.09. The zero-order valence-electron chi connectivity index (χ0n) is 14.2. The smallest absolute Gasteiger partial charge is 0.267 e. The number of nitrogens with zero attached hydrogens (tertiary/aromatic N) is 1. The number of carbonyl (C=O) groups excluding carboxylic acids is 1. The SMILES string of the molecule is C=CCN1C(=O)[C@]2(O[C@H]2c2ccc(OC)c(OC)c2)c2ccccc21. The van der Waals surface area contributed by atoms with Gasteiger partial charge in [-0.1, -0.05) is 30.3 Å². The van der Waals surface area contributed by atoms with Gasteiger partial charge in [-0.3, -0.25) is 4.79 Å². The number of benzene rings is 2. The number of rotatable bonds is 5. The van der Waals surface area contributed by atoms with E-state index in [1.54, 1.807) is 25.2 Å². The number of hydrogen-bond acceptors (Lipinski definition) is 4. The lowest BCUT2D eigenvalue weighted by Gasteiger charge is -2.14. The van der Waals surface area contributed by atoms with E-state index in [2.05, 4.69) is 6.58 Å². The summed E-state index contributed by atoms with van der Waals surface area (Å²) in [5, 5.41) is 0. The minimum atomic E-state index is -0.945. The summed E-state index contributed by atoms with van der Waals surface area (Å²) in [7, 11) is 3.18. The lowest BCUT2D eigenvalue weighted by Crippen LogP contribution is -2.33. The number of anilines is 1. The molecule has 0 aliphatic carbocycles. The van der Waals surface area contributed by atoms with Crippen molar-refractivity contribution in [3.05, 3.63) is 66.2 Å². The summed E-state index contributed by atoms with van der Waals surface area (Å²) < 4.78 is 16.7. The first kappa shape index (κ1) is 15.7. The van der Waals surface area contributed by atoms with Crippen LogP contribution in [-0.2, 0) is 15.1 Å². The Balaban J connectivity index is 1.76. The third-order valence-corrected chi connectivity index (χ3v) is 4.80. The van der Waals surface area contributed by atoms with Gasteiger partial charge in [0, 0.05) is 12.1 Å². The minimum absolute atomic E-state index is 0.0478. The minimum Gasteiger partial charge on any atom is -0.493 e. The van der Waals surface area contributed by atoms with Gasteiger partial charge in [-0.15, -0.1) is 6.58 Å². The summed E-state index contributed by atoms with van der Waals surface area (Å²) in [5.74, 6) is 1.22. The zero-order valence-corrected chi connectivity index (χ0v) is 14.2. The van der Waals surface area contributed by atoms with Gasteiger partial charge in [0.15, 0.2) is 11.5 Å². The number of amides is 1. The number of ether oxygens (including phenoxy) is 3. The highest BCUT2D eigenvalue weighted by atomic mass is 16.6. The largest absolute Gasteiger partial charge is 0.493 e. The van der Waals surface area contributed by atoms with E-state index in [0.717, 1.165) is 16.8 Å². The molecule has 128 valence electrons. The summed E-state index contributed by atoms with van der Waals surface area (Å²) >= 11 is 0. The molecule has 0 N–H and O–H groups in total. The zero-order chi connectivity index (χ0) is 17.6. The standard InChI is InChI=1S/C20H19NO4/c1-4-11-21-15-8-6-5-7-14(15)20(19(21)22)18(25-20)13-9-10-16(23-2)17(12-13)24-3/h4-10,12,18H,1,11H2,2-3H3/t18-,20-/m0/s1. The van der Waals surface area contributed by atoms with Crippen molar-refractivity contribution < 1.29 is 19.0 Å². The van der Waals surface area contributed by atoms with Crippen molar-refractivity contribution in [2.24, 2.45) is 0 Å². The van der Waals surface area contributed by atoms with Crippen LogP contribution in [0.4, 0.5) is 5.69 Å². The molecule has 1 fully saturated rings. The van der Waals surface area contributed by atoms with Gasteiger partial charge in [0.25, 0.3) is 5.91 Å². The van der Waals surface area contributed by atoms with E-state index < -0.39 is 5.60 Å². The van der Waals surface area contributed by atoms with Gasteiger partial charge in [0.05, 0.1) is 19.9 Å². The van der Waals surface area contributed by atoms with Crippen molar-refractivity contribution in [2.75, 3.05) is 25.7 Å². The normalized spacial score (nSPS) is 23.5. The van der Waals surface area contributed by atoms with E-state index >= 15 is 0 Å². The average Bonchev–Trinajstić information content (AvgIpc) is 3.37. The molecule has 5 heteroatoms. The van der Waals surface area contributed by atoms with E-state index in [0.29, 0.717) is 18.0 Å². The van der Waals surface area contributed by atoms with Crippen LogP contribution in [0, 0.1) is 0 Å². The second-order valence-corrected chi connectivity index (χ2v) is 6.07. The van der Waals surface area contributed by atoms with Crippen molar-refractivity contribution in [3.8, 4) is 11.5 Å². The van der Waals surface area contributed by atoms with Gasteiger partial charge < -0.3 is 19.1 Å². The van der Waals surface area contributed by atoms with Crippen molar-refractivity contribution >= 4 is 11.6 Å². The Morgan fingerprint density at radius 1 is 1.20 bits per heavy atom. The summed E-state index contributed by atoms with van der Waals surface area (Å²) in [4.78, 5) is 14.8. The van der Waals surface area contributed by atoms with E-state index in [4.69, 9.17) is 14.2 Å². The van der Waals surface area contributed by atoms with Gasteiger partial charge >= 0.3 is 0 Å². The van der Waals surface area contributed by atoms with Gasteiger partial charge in [0.1, 0.15) is 6.10 Å². The summed E-state index contributed by atoms with van der Waals surface area (Å²) in [6.45, 7) is 4.21. The fourth-order valence-corrected chi connectivity index (χ4v) is 3.60. The Labute approximate surface area is 146 Å². The monoisotopic (exact) mass is 337 g/mol. The Morgan fingerprint density at radius 2 is 1.96 bits per heavy atom. The molecule has 2 aliphatic heterocycles. The van der Waals surface area contributed by atoms with Crippen molar-refractivity contribution in [1.82, 2.24) is 0 Å². The van der Waals surface area contributed by atoms with E-state index in [-0.39, 0.29) is 12.0 Å². The molecule has 0 radical (unpaired) electrons. The van der Waals surface area contributed by atoms with Gasteiger partial charge in [-0.2, -0.15) is 0 Å². The molecule has 0 unspecified atom stereocenters. The lowest BCUT2D eigenvalue weighted by molar-refractivity contribution is -0.122. The Morgan fingerprint density at radius 3 is 2.68 bits per heavy atom. The van der Waals surface area contributed by atoms with Crippen molar-refractivity contribution in [2.45, 2.75) is 11.7 Å². The van der Waals surface area contributed by atoms with Gasteiger partial charge in [0.2, 0.25) is 5.60 Å². The molecule has 0 aromatic heterocycles. The van der Waals surface area contributed by atoms with Crippen LogP contribution >= 0.6 is 0 Å². The van der Waals surface area contributed by atoms with Crippen LogP contribution in [-0.4, -0.2) is 26.7 Å². The predicted molar refractivity (Wildman–Crippen MR) is 94.0 cm³/mol. The molecule has 2 aromatic rings. The van der Waals surface area contributed by atoms with Crippen LogP contribution in [0.2, 0.25) is 0 Å². The summed E-state index contributed by atoms with van der Waals surface area (Å²) in [6.07, 6.45) is 1.39. The number of methoxy groups -OCH3 is 2. The molecule has 1 saturated heterocycles. The molecule has 1 amide bonds. The van der Waals surface area contributed by atoms with Crippen molar-refractivity contribution in [3.63, 3.8) is 0 Å². The predicted octanol–water partition coefficient (Wildman–Crippen LogP) is 3.20. The second kappa shape index (κ2) is 5.63. The number of fused-ring (bicyclic) bond motifs is 2. The maximum absolute atomic E-state index is 13.1. The van der Waals surface area contributed by atoms with E-state index in [1.165, 1.54) is 0 Å². The fourth-order valence-electron chi connectivity index (χ4n) is 3.60. The maximum Gasteiger partial charge on any atom is 0.267 e. The molecule has 2 aromatic carbocycles. The number of epoxide rings is 1. The number of para-hydroxylation sites is 1. The molecule has 0 saturated carbocycles. The Hall–Kier alpha value is -2.79. The van der Waals surface area contributed by atoms with Crippen LogP contribution in [0.5, 0.6) is 11.5 Å². The second-order valence-electron chi connectivity index (χ2n) is 6.07. The highest BCUT2D eigenvalue weighted by Crippen LogP contribution is 2.63. The molecule has 0 bridgehead atoms. The van der Waals surface area contributed by atoms with Crippen LogP contribution in [0.25, 0.3) is 0 Å². The topological polar surface area (TPSA) is 51.3 Å². The first-order chi connectivity index (χ1) is 12.2. The van der Waals surface area contributed by atoms with E-state index in [9.17, 15) is 4.79 Å². The molecular weight excluding hydrogens is 318 g/mol. The van der Waals surface area contributed by atoms with Crippen LogP contribution < -0.4 is 14.4 Å². The molecule has 5 nitrogen and oxygen atoms in total. The first-order valence-electron chi connectivity index (χ1n) is 8.09. The maximum atomic E-state index is 13.1. The molecule has 1 spiro atoms. The van der Waals surface area contributed by atoms with Crippen LogP contribution in [0.3, 0.4) is 0 Å². The summed E-state index contributed by atoms with van der Waals surface area (Å²) in [5.41, 5.74) is 1.73. The summed E-state index contributed by atoms with van der Waals surface area (Å²) in [6, 6.07) is 13.4. The molecule has 2 atom stereocenters. The molecule has 4 rings (SSSR count). The number of carbonyl (C=O) groups is 1. The third kappa shape index (κ3) is 2.09. The molecule has 2 heterocycles. The highest BCUT2D eigenvalue weighted by Gasteiger charge is 2.69. The fraction of sp³-hybridized carbons (Fsp3) is 0.250. The molecule has 25 heavy (non-hydrogen) atoms. The molecule has 2 aliphatic rings. The van der Waals surface area contributed by atoms with Gasteiger partial charge in [-0.25, -0.2) is 0 Å². The third-order valence-electron chi connectivity index (χ3n) is 4.80. The number of hydrogen-bond donors (Lipinski definition) is 0. The van der Waals surface area contributed by atoms with Crippen LogP contribution in [0.1, 0.15) is 17.2 Å². The van der Waals surface area contributed by atoms with E-state index in [1.807, 2.05) is 42.5 Å². The lowest BCUT2D eigenvalue weighted by atomic mass is 9.93. The quantitative estimate of drug-likeness (QED) is 0.621. The molecular formula is C20H19NO4. The van der Waals surface area contributed by atoms with Crippen molar-refractivity contribution in [1.29, 1.82) is 0 Å². The highest BCUT2D eigenvalue weighted by molar-refractivity contribution is 6.09. The Kier molecular flexibility index (Phi) is 3.54. The van der Waals surface area contributed by atoms with Crippen LogP contribution in [0.15, 0.2) is 55.1 Å². The average molecular weight is 337 g/mol. The Bertz CT molecular complexity index is 863. The van der Waals surface area contributed by atoms with Gasteiger partial charge in [-0.05, 0) is 23.8 Å².